The fraction of sp³-hybridized carbons (Fsp3) is 0.500. The second kappa shape index (κ2) is 7.65. The molecule has 1 unspecified atom stereocenters. The van der Waals surface area contributed by atoms with Crippen LogP contribution in [0.2, 0.25) is 0 Å². The largest absolute Gasteiger partial charge is 0.494 e. The minimum absolute atomic E-state index is 0.0398. The molecule has 7 nitrogen and oxygen atoms in total. The average molecular weight is 354 g/mol. The lowest BCUT2D eigenvalue weighted by molar-refractivity contribution is -0.123. The van der Waals surface area contributed by atoms with Gasteiger partial charge in [0.05, 0.1) is 18.1 Å². The first-order valence-corrected chi connectivity index (χ1v) is 9.63. The summed E-state index contributed by atoms with van der Waals surface area (Å²) in [7, 11) is -3.06. The molecule has 1 N–H and O–H groups in total. The van der Waals surface area contributed by atoms with Crippen molar-refractivity contribution in [2.24, 2.45) is 0 Å². The summed E-state index contributed by atoms with van der Waals surface area (Å²) in [5, 5.41) is 2.68. The van der Waals surface area contributed by atoms with E-state index in [0.717, 1.165) is 0 Å². The Labute approximate surface area is 141 Å². The van der Waals surface area contributed by atoms with E-state index in [1.165, 1.54) is 11.8 Å². The standard InChI is InChI=1S/C16H22N2O5S/c1-3-23-15-6-4-14(5-7-15)18(12(2)19)10-16(20)17-13-8-9-24(21,22)11-13/h4-7,13H,3,8-11H2,1-2H3,(H,17,20). The molecule has 1 aliphatic rings. The number of carbonyl (C=O) groups excluding carboxylic acids is 2. The molecule has 2 amide bonds. The second-order valence-electron chi connectivity index (χ2n) is 5.70. The van der Waals surface area contributed by atoms with Crippen LogP contribution in [0.25, 0.3) is 0 Å². The molecule has 1 fully saturated rings. The predicted molar refractivity (Wildman–Crippen MR) is 90.8 cm³/mol. The Bertz CT molecular complexity index is 700. The van der Waals surface area contributed by atoms with Gasteiger partial charge in [-0.05, 0) is 37.6 Å². The van der Waals surface area contributed by atoms with Gasteiger partial charge in [0.1, 0.15) is 12.3 Å². The fourth-order valence-corrected chi connectivity index (χ4v) is 4.27. The van der Waals surface area contributed by atoms with Gasteiger partial charge in [0.15, 0.2) is 9.84 Å². The number of anilines is 1. The quantitative estimate of drug-likeness (QED) is 0.813. The van der Waals surface area contributed by atoms with E-state index in [4.69, 9.17) is 4.74 Å². The molecule has 2 rings (SSSR count). The maximum atomic E-state index is 12.1. The molecule has 8 heteroatoms. The molecule has 132 valence electrons. The Kier molecular flexibility index (Phi) is 5.82. The number of amides is 2. The Hall–Kier alpha value is -2.09. The average Bonchev–Trinajstić information content (AvgIpc) is 2.84. The molecule has 0 aromatic heterocycles. The highest BCUT2D eigenvalue weighted by atomic mass is 32.2. The van der Waals surface area contributed by atoms with Crippen LogP contribution in [0.5, 0.6) is 5.75 Å². The van der Waals surface area contributed by atoms with E-state index in [-0.39, 0.29) is 35.9 Å². The van der Waals surface area contributed by atoms with Gasteiger partial charge < -0.3 is 15.0 Å². The maximum absolute atomic E-state index is 12.1. The minimum Gasteiger partial charge on any atom is -0.494 e. The van der Waals surface area contributed by atoms with Crippen LogP contribution in [0.1, 0.15) is 20.3 Å². The van der Waals surface area contributed by atoms with E-state index in [2.05, 4.69) is 5.32 Å². The summed E-state index contributed by atoms with van der Waals surface area (Å²) in [5.74, 6) is 0.0923. The number of benzene rings is 1. The first kappa shape index (κ1) is 18.3. The van der Waals surface area contributed by atoms with Gasteiger partial charge >= 0.3 is 0 Å². The van der Waals surface area contributed by atoms with Crippen LogP contribution in [0.15, 0.2) is 24.3 Å². The SMILES string of the molecule is CCOc1ccc(N(CC(=O)NC2CCS(=O)(=O)C2)C(C)=O)cc1. The zero-order valence-electron chi connectivity index (χ0n) is 13.8. The summed E-state index contributed by atoms with van der Waals surface area (Å²) in [6, 6.07) is 6.50. The van der Waals surface area contributed by atoms with E-state index in [9.17, 15) is 18.0 Å². The second-order valence-corrected chi connectivity index (χ2v) is 7.93. The maximum Gasteiger partial charge on any atom is 0.240 e. The van der Waals surface area contributed by atoms with Crippen molar-refractivity contribution in [2.45, 2.75) is 26.3 Å². The molecule has 1 saturated heterocycles. The molecule has 0 radical (unpaired) electrons. The third-order valence-electron chi connectivity index (χ3n) is 3.74. The van der Waals surface area contributed by atoms with Crippen molar-refractivity contribution in [2.75, 3.05) is 29.6 Å². The molecule has 1 aromatic carbocycles. The molecule has 24 heavy (non-hydrogen) atoms. The number of nitrogens with one attached hydrogen (secondary N) is 1. The number of carbonyl (C=O) groups is 2. The summed E-state index contributed by atoms with van der Waals surface area (Å²) in [4.78, 5) is 25.3. The van der Waals surface area contributed by atoms with Crippen LogP contribution in [0.3, 0.4) is 0 Å². The third kappa shape index (κ3) is 4.95. The van der Waals surface area contributed by atoms with Crippen molar-refractivity contribution in [1.82, 2.24) is 5.32 Å². The lowest BCUT2D eigenvalue weighted by Gasteiger charge is -2.22. The van der Waals surface area contributed by atoms with Crippen molar-refractivity contribution in [3.63, 3.8) is 0 Å². The first-order chi connectivity index (χ1) is 11.3. The number of ether oxygens (including phenoxy) is 1. The summed E-state index contributed by atoms with van der Waals surface area (Å²) in [5.41, 5.74) is 0.583. The van der Waals surface area contributed by atoms with Crippen molar-refractivity contribution in [3.05, 3.63) is 24.3 Å². The molecule has 0 aliphatic carbocycles. The Morgan fingerprint density at radius 3 is 2.46 bits per heavy atom. The highest BCUT2D eigenvalue weighted by Gasteiger charge is 2.29. The molecular weight excluding hydrogens is 332 g/mol. The van der Waals surface area contributed by atoms with Crippen LogP contribution < -0.4 is 15.0 Å². The van der Waals surface area contributed by atoms with E-state index in [0.29, 0.717) is 24.5 Å². The lowest BCUT2D eigenvalue weighted by atomic mass is 10.2. The molecule has 0 bridgehead atoms. The van der Waals surface area contributed by atoms with Crippen molar-refractivity contribution in [1.29, 1.82) is 0 Å². The van der Waals surface area contributed by atoms with Crippen LogP contribution in [0, 0.1) is 0 Å². The zero-order valence-corrected chi connectivity index (χ0v) is 14.6. The van der Waals surface area contributed by atoms with E-state index in [1.807, 2.05) is 6.92 Å². The van der Waals surface area contributed by atoms with Crippen LogP contribution >= 0.6 is 0 Å². The van der Waals surface area contributed by atoms with Crippen molar-refractivity contribution in [3.8, 4) is 5.75 Å². The topological polar surface area (TPSA) is 92.8 Å². The van der Waals surface area contributed by atoms with Gasteiger partial charge in [0, 0.05) is 18.7 Å². The fourth-order valence-electron chi connectivity index (χ4n) is 2.60. The lowest BCUT2D eigenvalue weighted by Crippen LogP contribution is -2.44. The smallest absolute Gasteiger partial charge is 0.240 e. The zero-order chi connectivity index (χ0) is 17.7. The van der Waals surface area contributed by atoms with E-state index < -0.39 is 9.84 Å². The Morgan fingerprint density at radius 1 is 1.29 bits per heavy atom. The van der Waals surface area contributed by atoms with Gasteiger partial charge in [0.2, 0.25) is 11.8 Å². The van der Waals surface area contributed by atoms with Crippen LogP contribution in [-0.2, 0) is 19.4 Å². The van der Waals surface area contributed by atoms with E-state index >= 15 is 0 Å². The predicted octanol–water partition coefficient (Wildman–Crippen LogP) is 0.742. The number of hydrogen-bond donors (Lipinski definition) is 1. The summed E-state index contributed by atoms with van der Waals surface area (Å²) < 4.78 is 28.2. The summed E-state index contributed by atoms with van der Waals surface area (Å²) >= 11 is 0. The highest BCUT2D eigenvalue weighted by molar-refractivity contribution is 7.91. The number of rotatable bonds is 6. The first-order valence-electron chi connectivity index (χ1n) is 7.81. The Balaban J connectivity index is 2.00. The van der Waals surface area contributed by atoms with Gasteiger partial charge in [-0.2, -0.15) is 0 Å². The third-order valence-corrected chi connectivity index (χ3v) is 5.51. The number of nitrogens with zero attached hydrogens (tertiary/aromatic N) is 1. The molecule has 1 aliphatic heterocycles. The minimum atomic E-state index is -3.06. The van der Waals surface area contributed by atoms with E-state index in [1.54, 1.807) is 24.3 Å². The van der Waals surface area contributed by atoms with Gasteiger partial charge in [-0.25, -0.2) is 8.42 Å². The molecule has 0 spiro atoms. The molecule has 1 aromatic rings. The molecule has 1 atom stereocenters. The highest BCUT2D eigenvalue weighted by Crippen LogP contribution is 2.20. The van der Waals surface area contributed by atoms with Crippen molar-refractivity contribution >= 4 is 27.3 Å². The monoisotopic (exact) mass is 354 g/mol. The van der Waals surface area contributed by atoms with Crippen molar-refractivity contribution < 1.29 is 22.7 Å². The Morgan fingerprint density at radius 2 is 1.96 bits per heavy atom. The summed E-state index contributed by atoms with van der Waals surface area (Å²) in [6.45, 7) is 3.65. The molecule has 1 heterocycles. The van der Waals surface area contributed by atoms with Gasteiger partial charge in [-0.3, -0.25) is 9.59 Å². The molecular formula is C16H22N2O5S. The van der Waals surface area contributed by atoms with Gasteiger partial charge in [-0.1, -0.05) is 0 Å². The van der Waals surface area contributed by atoms with Crippen LogP contribution in [0.4, 0.5) is 5.69 Å². The molecule has 0 saturated carbocycles. The van der Waals surface area contributed by atoms with Crippen LogP contribution in [-0.4, -0.2) is 50.9 Å². The van der Waals surface area contributed by atoms with Gasteiger partial charge in [0.25, 0.3) is 0 Å². The normalized spacial score (nSPS) is 18.8. The van der Waals surface area contributed by atoms with Gasteiger partial charge in [-0.15, -0.1) is 0 Å². The number of hydrogen-bond acceptors (Lipinski definition) is 5. The number of sulfone groups is 1. The summed E-state index contributed by atoms with van der Waals surface area (Å²) in [6.07, 6.45) is 0.414.